The minimum Gasteiger partial charge on any atom is -0.494 e. The fourth-order valence-corrected chi connectivity index (χ4v) is 3.26. The van der Waals surface area contributed by atoms with Gasteiger partial charge in [0, 0.05) is 5.54 Å². The summed E-state index contributed by atoms with van der Waals surface area (Å²) in [6.45, 7) is 5.20. The first-order valence-corrected chi connectivity index (χ1v) is 8.21. The predicted octanol–water partition coefficient (Wildman–Crippen LogP) is 3.46. The van der Waals surface area contributed by atoms with Crippen LogP contribution in [0.1, 0.15) is 57.4 Å². The Morgan fingerprint density at radius 1 is 1.38 bits per heavy atom. The molecule has 0 bridgehead atoms. The lowest BCUT2D eigenvalue weighted by molar-refractivity contribution is 0.143. The fourth-order valence-electron chi connectivity index (χ4n) is 3.26. The molecule has 0 saturated heterocycles. The molecule has 3 heteroatoms. The maximum atomic E-state index is 9.45. The molecule has 1 aromatic carbocycles. The van der Waals surface area contributed by atoms with E-state index in [0.29, 0.717) is 18.4 Å². The Balaban J connectivity index is 1.81. The molecule has 0 amide bonds. The number of benzene rings is 1. The summed E-state index contributed by atoms with van der Waals surface area (Å²) >= 11 is 0. The highest BCUT2D eigenvalue weighted by Gasteiger charge is 2.38. The van der Waals surface area contributed by atoms with Crippen molar-refractivity contribution in [3.05, 3.63) is 29.8 Å². The zero-order valence-electron chi connectivity index (χ0n) is 13.3. The highest BCUT2D eigenvalue weighted by atomic mass is 16.5. The Morgan fingerprint density at radius 2 is 2.10 bits per heavy atom. The van der Waals surface area contributed by atoms with Crippen molar-refractivity contribution >= 4 is 0 Å². The predicted molar refractivity (Wildman–Crippen MR) is 86.6 cm³/mol. The summed E-state index contributed by atoms with van der Waals surface area (Å²) in [6, 6.07) is 8.41. The van der Waals surface area contributed by atoms with E-state index in [1.54, 1.807) is 0 Å². The first-order chi connectivity index (χ1) is 10.1. The minimum absolute atomic E-state index is 0.0846. The lowest BCUT2D eigenvalue weighted by Gasteiger charge is -2.29. The van der Waals surface area contributed by atoms with Gasteiger partial charge in [0.2, 0.25) is 0 Å². The normalized spacial score (nSPS) is 26.8. The molecule has 3 N–H and O–H groups in total. The summed E-state index contributed by atoms with van der Waals surface area (Å²) in [5.74, 6) is 1.90. The molecule has 1 fully saturated rings. The van der Waals surface area contributed by atoms with Crippen LogP contribution in [0, 0.1) is 5.92 Å². The van der Waals surface area contributed by atoms with Crippen LogP contribution >= 0.6 is 0 Å². The first kappa shape index (κ1) is 16.3. The molecule has 0 radical (unpaired) electrons. The average Bonchev–Trinajstić information content (AvgIpc) is 2.89. The van der Waals surface area contributed by atoms with Gasteiger partial charge in [-0.2, -0.15) is 0 Å². The fraction of sp³-hybridized carbons (Fsp3) is 0.667. The SMILES string of the molecule is CCC(C)c1ccc(OCCC2CCCC2(N)CO)cc1. The van der Waals surface area contributed by atoms with Gasteiger partial charge in [-0.25, -0.2) is 0 Å². The molecule has 0 aromatic heterocycles. The molecule has 1 aliphatic rings. The van der Waals surface area contributed by atoms with E-state index in [0.717, 1.165) is 37.9 Å². The Labute approximate surface area is 128 Å². The number of nitrogens with two attached hydrogens (primary N) is 1. The van der Waals surface area contributed by atoms with Gasteiger partial charge in [-0.1, -0.05) is 32.4 Å². The molecule has 1 saturated carbocycles. The second kappa shape index (κ2) is 7.28. The van der Waals surface area contributed by atoms with Gasteiger partial charge in [0.05, 0.1) is 13.2 Å². The molecule has 2 rings (SSSR count). The van der Waals surface area contributed by atoms with Gasteiger partial charge in [0.25, 0.3) is 0 Å². The van der Waals surface area contributed by atoms with Crippen LogP contribution in [0.15, 0.2) is 24.3 Å². The summed E-state index contributed by atoms with van der Waals surface area (Å²) in [7, 11) is 0. The van der Waals surface area contributed by atoms with E-state index in [2.05, 4.69) is 38.1 Å². The van der Waals surface area contributed by atoms with Crippen molar-refractivity contribution in [3.63, 3.8) is 0 Å². The molecule has 21 heavy (non-hydrogen) atoms. The van der Waals surface area contributed by atoms with Gasteiger partial charge >= 0.3 is 0 Å². The van der Waals surface area contributed by atoms with Crippen molar-refractivity contribution in [1.29, 1.82) is 0 Å². The van der Waals surface area contributed by atoms with Gasteiger partial charge in [0.1, 0.15) is 5.75 Å². The summed E-state index contributed by atoms with van der Waals surface area (Å²) in [5, 5.41) is 9.45. The van der Waals surface area contributed by atoms with E-state index in [1.165, 1.54) is 5.56 Å². The molecular formula is C18H29NO2. The average molecular weight is 291 g/mol. The molecule has 0 aliphatic heterocycles. The van der Waals surface area contributed by atoms with Gasteiger partial charge in [0.15, 0.2) is 0 Å². The zero-order chi connectivity index (χ0) is 15.3. The molecule has 3 nitrogen and oxygen atoms in total. The molecule has 1 aliphatic carbocycles. The van der Waals surface area contributed by atoms with Crippen molar-refractivity contribution in [3.8, 4) is 5.75 Å². The molecule has 3 unspecified atom stereocenters. The summed E-state index contributed by atoms with van der Waals surface area (Å²) < 4.78 is 5.84. The number of rotatable bonds is 7. The van der Waals surface area contributed by atoms with E-state index in [-0.39, 0.29) is 12.1 Å². The number of hydrogen-bond donors (Lipinski definition) is 2. The van der Waals surface area contributed by atoms with E-state index in [9.17, 15) is 5.11 Å². The third kappa shape index (κ3) is 3.98. The Hall–Kier alpha value is -1.06. The van der Waals surface area contributed by atoms with E-state index >= 15 is 0 Å². The summed E-state index contributed by atoms with van der Waals surface area (Å²) in [5.41, 5.74) is 7.22. The first-order valence-electron chi connectivity index (χ1n) is 8.21. The van der Waals surface area contributed by atoms with Crippen molar-refractivity contribution < 1.29 is 9.84 Å². The van der Waals surface area contributed by atoms with Crippen LogP contribution in [0.3, 0.4) is 0 Å². The van der Waals surface area contributed by atoms with Gasteiger partial charge in [-0.15, -0.1) is 0 Å². The smallest absolute Gasteiger partial charge is 0.119 e. The minimum atomic E-state index is -0.385. The molecular weight excluding hydrogens is 262 g/mol. The van der Waals surface area contributed by atoms with Crippen LogP contribution in [-0.2, 0) is 0 Å². The summed E-state index contributed by atoms with van der Waals surface area (Å²) in [6.07, 6.45) is 5.22. The van der Waals surface area contributed by atoms with Gasteiger partial charge in [-0.05, 0) is 55.2 Å². The van der Waals surface area contributed by atoms with Crippen molar-refractivity contribution in [2.24, 2.45) is 11.7 Å². The monoisotopic (exact) mass is 291 g/mol. The number of aliphatic hydroxyl groups is 1. The highest BCUT2D eigenvalue weighted by molar-refractivity contribution is 5.29. The lowest BCUT2D eigenvalue weighted by Crippen LogP contribution is -2.47. The van der Waals surface area contributed by atoms with Crippen LogP contribution in [0.5, 0.6) is 5.75 Å². The third-order valence-corrected chi connectivity index (χ3v) is 5.10. The second-order valence-corrected chi connectivity index (χ2v) is 6.50. The maximum Gasteiger partial charge on any atom is 0.119 e. The van der Waals surface area contributed by atoms with Crippen molar-refractivity contribution in [2.45, 2.75) is 57.4 Å². The number of ether oxygens (including phenoxy) is 1. The maximum absolute atomic E-state index is 9.45. The van der Waals surface area contributed by atoms with Gasteiger partial charge < -0.3 is 15.6 Å². The lowest BCUT2D eigenvalue weighted by atomic mass is 9.87. The van der Waals surface area contributed by atoms with Crippen molar-refractivity contribution in [1.82, 2.24) is 0 Å². The highest BCUT2D eigenvalue weighted by Crippen LogP contribution is 2.35. The number of aliphatic hydroxyl groups excluding tert-OH is 1. The van der Waals surface area contributed by atoms with Crippen molar-refractivity contribution in [2.75, 3.05) is 13.2 Å². The van der Waals surface area contributed by atoms with Crippen LogP contribution in [-0.4, -0.2) is 23.9 Å². The molecule has 0 heterocycles. The summed E-state index contributed by atoms with van der Waals surface area (Å²) in [4.78, 5) is 0. The third-order valence-electron chi connectivity index (χ3n) is 5.10. The van der Waals surface area contributed by atoms with Gasteiger partial charge in [-0.3, -0.25) is 0 Å². The van der Waals surface area contributed by atoms with Crippen LogP contribution in [0.2, 0.25) is 0 Å². The quantitative estimate of drug-likeness (QED) is 0.809. The zero-order valence-corrected chi connectivity index (χ0v) is 13.3. The second-order valence-electron chi connectivity index (χ2n) is 6.50. The molecule has 0 spiro atoms. The van der Waals surface area contributed by atoms with Crippen LogP contribution < -0.4 is 10.5 Å². The molecule has 118 valence electrons. The number of hydrogen-bond acceptors (Lipinski definition) is 3. The van der Waals surface area contributed by atoms with E-state index < -0.39 is 0 Å². The van der Waals surface area contributed by atoms with E-state index in [1.807, 2.05) is 0 Å². The largest absolute Gasteiger partial charge is 0.494 e. The van der Waals surface area contributed by atoms with E-state index in [4.69, 9.17) is 10.5 Å². The van der Waals surface area contributed by atoms with Crippen LogP contribution in [0.4, 0.5) is 0 Å². The Morgan fingerprint density at radius 3 is 2.71 bits per heavy atom. The van der Waals surface area contributed by atoms with Crippen LogP contribution in [0.25, 0.3) is 0 Å². The Kier molecular flexibility index (Phi) is 5.65. The Bertz CT molecular complexity index is 431. The molecule has 1 aromatic rings. The standard InChI is InChI=1S/C18H29NO2/c1-3-14(2)15-6-8-17(9-7-15)21-12-10-16-5-4-11-18(16,19)13-20/h6-9,14,16,20H,3-5,10-13,19H2,1-2H3. The topological polar surface area (TPSA) is 55.5 Å². The molecule has 3 atom stereocenters.